The Kier molecular flexibility index (Phi) is 2.57. The molecule has 2 rings (SSSR count). The lowest BCUT2D eigenvalue weighted by Crippen LogP contribution is -2.12. The Morgan fingerprint density at radius 3 is 3.07 bits per heavy atom. The van der Waals surface area contributed by atoms with Crippen molar-refractivity contribution in [3.8, 4) is 0 Å². The van der Waals surface area contributed by atoms with Crippen LogP contribution in [0.4, 0.5) is 5.69 Å². The van der Waals surface area contributed by atoms with Crippen molar-refractivity contribution in [1.82, 2.24) is 0 Å². The fourth-order valence-corrected chi connectivity index (χ4v) is 2.00. The van der Waals surface area contributed by atoms with E-state index >= 15 is 0 Å². The second-order valence-corrected chi connectivity index (χ2v) is 3.96. The lowest BCUT2D eigenvalue weighted by molar-refractivity contribution is 0.559. The highest BCUT2D eigenvalue weighted by Crippen LogP contribution is 2.29. The van der Waals surface area contributed by atoms with Crippen LogP contribution >= 0.6 is 0 Å². The maximum absolute atomic E-state index is 10.2. The molecule has 0 saturated carbocycles. The van der Waals surface area contributed by atoms with Gasteiger partial charge in [-0.15, -0.1) is 0 Å². The summed E-state index contributed by atoms with van der Waals surface area (Å²) in [6, 6.07) is 6.20. The fraction of sp³-hybridized carbons (Fsp3) is 0.417. The molecule has 1 atom stereocenters. The van der Waals surface area contributed by atoms with E-state index in [2.05, 4.69) is 29.1 Å². The van der Waals surface area contributed by atoms with Gasteiger partial charge in [-0.05, 0) is 30.5 Å². The Bertz CT molecular complexity index is 422. The molecule has 0 aromatic heterocycles. The predicted molar refractivity (Wildman–Crippen MR) is 60.0 cm³/mol. The Morgan fingerprint density at radius 2 is 2.33 bits per heavy atom. The van der Waals surface area contributed by atoms with Gasteiger partial charge >= 0.3 is 0 Å². The summed E-state index contributed by atoms with van der Waals surface area (Å²) in [6.45, 7) is 2.98. The van der Waals surface area contributed by atoms with Gasteiger partial charge in [-0.25, -0.2) is 4.79 Å². The number of fused-ring (bicyclic) bond motifs is 1. The van der Waals surface area contributed by atoms with Crippen LogP contribution in [-0.4, -0.2) is 19.7 Å². The minimum absolute atomic E-state index is 0.0845. The van der Waals surface area contributed by atoms with E-state index in [1.54, 1.807) is 6.08 Å². The first-order valence-electron chi connectivity index (χ1n) is 5.13. The van der Waals surface area contributed by atoms with Gasteiger partial charge < -0.3 is 4.90 Å². The summed E-state index contributed by atoms with van der Waals surface area (Å²) in [5.74, 6) is 0. The van der Waals surface area contributed by atoms with Gasteiger partial charge in [-0.2, -0.15) is 4.99 Å². The molecule has 78 valence electrons. The topological polar surface area (TPSA) is 32.7 Å². The number of rotatable bonds is 2. The van der Waals surface area contributed by atoms with Gasteiger partial charge in [-0.1, -0.05) is 12.1 Å². The third kappa shape index (κ3) is 1.79. The monoisotopic (exact) mass is 202 g/mol. The molecule has 0 aliphatic carbocycles. The van der Waals surface area contributed by atoms with Gasteiger partial charge in [0.2, 0.25) is 6.08 Å². The van der Waals surface area contributed by atoms with Crippen LogP contribution < -0.4 is 4.90 Å². The van der Waals surface area contributed by atoms with Crippen LogP contribution in [0, 0.1) is 0 Å². The highest BCUT2D eigenvalue weighted by Gasteiger charge is 2.16. The molecule has 0 bridgehead atoms. The summed E-state index contributed by atoms with van der Waals surface area (Å²) >= 11 is 0. The number of anilines is 1. The zero-order valence-corrected chi connectivity index (χ0v) is 9.03. The number of hydrogen-bond donors (Lipinski definition) is 0. The number of isocyanates is 1. The van der Waals surface area contributed by atoms with Gasteiger partial charge in [0, 0.05) is 19.3 Å². The van der Waals surface area contributed by atoms with Gasteiger partial charge in [-0.3, -0.25) is 0 Å². The summed E-state index contributed by atoms with van der Waals surface area (Å²) < 4.78 is 0. The van der Waals surface area contributed by atoms with Crippen LogP contribution in [0.1, 0.15) is 24.1 Å². The van der Waals surface area contributed by atoms with Gasteiger partial charge in [0.25, 0.3) is 0 Å². The SMILES string of the molecule is CC(N=C=O)c1ccc2c(c1)CCN2C. The number of hydrogen-bond acceptors (Lipinski definition) is 3. The minimum Gasteiger partial charge on any atom is -0.374 e. The first kappa shape index (κ1) is 9.94. The van der Waals surface area contributed by atoms with E-state index in [0.717, 1.165) is 18.5 Å². The minimum atomic E-state index is -0.0845. The van der Waals surface area contributed by atoms with E-state index < -0.39 is 0 Å². The van der Waals surface area contributed by atoms with Crippen LogP contribution in [0.2, 0.25) is 0 Å². The van der Waals surface area contributed by atoms with Crippen molar-refractivity contribution < 1.29 is 4.79 Å². The van der Waals surface area contributed by atoms with E-state index in [-0.39, 0.29) is 6.04 Å². The molecule has 0 saturated heterocycles. The molecule has 0 fully saturated rings. The third-order valence-corrected chi connectivity index (χ3v) is 2.96. The summed E-state index contributed by atoms with van der Waals surface area (Å²) in [7, 11) is 2.10. The highest BCUT2D eigenvalue weighted by atomic mass is 16.1. The van der Waals surface area contributed by atoms with Crippen molar-refractivity contribution in [1.29, 1.82) is 0 Å². The van der Waals surface area contributed by atoms with Crippen LogP contribution in [0.15, 0.2) is 23.2 Å². The zero-order chi connectivity index (χ0) is 10.8. The molecule has 15 heavy (non-hydrogen) atoms. The maximum atomic E-state index is 10.2. The van der Waals surface area contributed by atoms with Crippen LogP contribution in [0.25, 0.3) is 0 Å². The van der Waals surface area contributed by atoms with Gasteiger partial charge in [0.15, 0.2) is 0 Å². The molecule has 1 unspecified atom stereocenters. The van der Waals surface area contributed by atoms with E-state index in [1.807, 2.05) is 13.0 Å². The van der Waals surface area contributed by atoms with Crippen LogP contribution in [0.5, 0.6) is 0 Å². The summed E-state index contributed by atoms with van der Waals surface area (Å²) in [6.07, 6.45) is 2.69. The second-order valence-electron chi connectivity index (χ2n) is 3.96. The molecule has 0 radical (unpaired) electrons. The molecule has 1 aliphatic rings. The largest absolute Gasteiger partial charge is 0.374 e. The fourth-order valence-electron chi connectivity index (χ4n) is 2.00. The Hall–Kier alpha value is -1.60. The number of carbonyl (C=O) groups excluding carboxylic acids is 1. The number of benzene rings is 1. The molecule has 1 aromatic carbocycles. The molecule has 3 nitrogen and oxygen atoms in total. The summed E-state index contributed by atoms with van der Waals surface area (Å²) in [4.78, 5) is 16.1. The number of nitrogens with zero attached hydrogens (tertiary/aromatic N) is 2. The predicted octanol–water partition coefficient (Wildman–Crippen LogP) is 2.08. The lowest BCUT2D eigenvalue weighted by atomic mass is 10.0. The number of aliphatic imine (C=N–C) groups is 1. The van der Waals surface area contributed by atoms with Crippen molar-refractivity contribution in [2.45, 2.75) is 19.4 Å². The van der Waals surface area contributed by atoms with Crippen molar-refractivity contribution in [3.63, 3.8) is 0 Å². The highest BCUT2D eigenvalue weighted by molar-refractivity contribution is 5.58. The first-order valence-corrected chi connectivity index (χ1v) is 5.13. The lowest BCUT2D eigenvalue weighted by Gasteiger charge is -2.12. The zero-order valence-electron chi connectivity index (χ0n) is 9.03. The standard InChI is InChI=1S/C12H14N2O/c1-9(13-8-15)10-3-4-12-11(7-10)5-6-14(12)2/h3-4,7,9H,5-6H2,1-2H3. The van der Waals surface area contributed by atoms with Crippen molar-refractivity contribution in [3.05, 3.63) is 29.3 Å². The molecule has 3 heteroatoms. The molecule has 1 aliphatic heterocycles. The van der Waals surface area contributed by atoms with Crippen molar-refractivity contribution in [2.75, 3.05) is 18.5 Å². The van der Waals surface area contributed by atoms with E-state index in [4.69, 9.17) is 0 Å². The molecular weight excluding hydrogens is 188 g/mol. The Balaban J connectivity index is 2.34. The molecule has 0 amide bonds. The Labute approximate surface area is 89.4 Å². The first-order chi connectivity index (χ1) is 7.22. The van der Waals surface area contributed by atoms with Crippen LogP contribution in [-0.2, 0) is 11.2 Å². The van der Waals surface area contributed by atoms with Crippen molar-refractivity contribution in [2.24, 2.45) is 4.99 Å². The average molecular weight is 202 g/mol. The second kappa shape index (κ2) is 3.87. The molecule has 0 N–H and O–H groups in total. The van der Waals surface area contributed by atoms with Crippen LogP contribution in [0.3, 0.4) is 0 Å². The number of likely N-dealkylation sites (N-methyl/N-ethyl adjacent to an activating group) is 1. The van der Waals surface area contributed by atoms with Gasteiger partial charge in [0.05, 0.1) is 6.04 Å². The van der Waals surface area contributed by atoms with Crippen molar-refractivity contribution >= 4 is 11.8 Å². The van der Waals surface area contributed by atoms with E-state index in [1.165, 1.54) is 11.3 Å². The normalized spacial score (nSPS) is 15.7. The van der Waals surface area contributed by atoms with Gasteiger partial charge in [0.1, 0.15) is 0 Å². The summed E-state index contributed by atoms with van der Waals surface area (Å²) in [5, 5.41) is 0. The maximum Gasteiger partial charge on any atom is 0.235 e. The smallest absolute Gasteiger partial charge is 0.235 e. The molecule has 1 heterocycles. The van der Waals surface area contributed by atoms with E-state index in [0.29, 0.717) is 0 Å². The van der Waals surface area contributed by atoms with E-state index in [9.17, 15) is 4.79 Å². The average Bonchev–Trinajstić information content (AvgIpc) is 2.60. The Morgan fingerprint density at radius 1 is 1.53 bits per heavy atom. The molecular formula is C12H14N2O. The quantitative estimate of drug-likeness (QED) is 0.543. The molecule has 1 aromatic rings. The molecule has 0 spiro atoms. The third-order valence-electron chi connectivity index (χ3n) is 2.96. The summed E-state index contributed by atoms with van der Waals surface area (Å²) in [5.41, 5.74) is 3.73.